The maximum absolute atomic E-state index is 5.53. The summed E-state index contributed by atoms with van der Waals surface area (Å²) in [5.41, 5.74) is 1.23. The number of aryl methyl sites for hydroxylation is 2. The number of furan rings is 1. The largest absolute Gasteiger partial charge is 0.469 e. The van der Waals surface area contributed by atoms with Crippen molar-refractivity contribution in [1.82, 2.24) is 20.1 Å². The predicted octanol–water partition coefficient (Wildman–Crippen LogP) is 2.35. The Hall–Kier alpha value is -1.62. The van der Waals surface area contributed by atoms with Gasteiger partial charge >= 0.3 is 0 Å². The van der Waals surface area contributed by atoms with Crippen LogP contribution in [0.5, 0.6) is 0 Å². The Balaban J connectivity index is 2.21. The Morgan fingerprint density at radius 3 is 2.89 bits per heavy atom. The number of hydrogen-bond acceptors (Lipinski definition) is 4. The molecule has 104 valence electrons. The zero-order chi connectivity index (χ0) is 13.7. The summed E-state index contributed by atoms with van der Waals surface area (Å²) in [4.78, 5) is 4.36. The zero-order valence-electron chi connectivity index (χ0n) is 11.9. The van der Waals surface area contributed by atoms with Gasteiger partial charge in [0.2, 0.25) is 0 Å². The molecule has 0 spiro atoms. The van der Waals surface area contributed by atoms with Crippen LogP contribution < -0.4 is 5.32 Å². The smallest absolute Gasteiger partial charge is 0.138 e. The highest BCUT2D eigenvalue weighted by Gasteiger charge is 2.19. The van der Waals surface area contributed by atoms with Crippen molar-refractivity contribution in [1.29, 1.82) is 0 Å². The van der Waals surface area contributed by atoms with E-state index >= 15 is 0 Å². The molecular formula is C14H22N4O. The van der Waals surface area contributed by atoms with Crippen LogP contribution in [0.15, 0.2) is 23.1 Å². The van der Waals surface area contributed by atoms with Crippen molar-refractivity contribution in [2.24, 2.45) is 0 Å². The van der Waals surface area contributed by atoms with Crippen LogP contribution in [-0.2, 0) is 19.4 Å². The summed E-state index contributed by atoms with van der Waals surface area (Å²) in [7, 11) is 0. The van der Waals surface area contributed by atoms with Crippen LogP contribution in [0.2, 0.25) is 0 Å². The summed E-state index contributed by atoms with van der Waals surface area (Å²) in [6, 6.07) is 2.28. The molecule has 0 saturated carbocycles. The second kappa shape index (κ2) is 6.52. The molecule has 5 nitrogen and oxygen atoms in total. The van der Waals surface area contributed by atoms with Gasteiger partial charge in [0.15, 0.2) is 0 Å². The highest BCUT2D eigenvalue weighted by molar-refractivity contribution is 5.22. The average molecular weight is 262 g/mol. The molecule has 2 rings (SSSR count). The lowest BCUT2D eigenvalue weighted by molar-refractivity contribution is 0.475. The van der Waals surface area contributed by atoms with Crippen LogP contribution in [0.3, 0.4) is 0 Å². The van der Waals surface area contributed by atoms with E-state index in [4.69, 9.17) is 4.42 Å². The number of rotatable bonds is 7. The third-order valence-electron chi connectivity index (χ3n) is 3.31. The lowest BCUT2D eigenvalue weighted by atomic mass is 10.0. The molecular weight excluding hydrogens is 240 g/mol. The quantitative estimate of drug-likeness (QED) is 0.832. The Kier molecular flexibility index (Phi) is 4.74. The van der Waals surface area contributed by atoms with E-state index < -0.39 is 0 Å². The van der Waals surface area contributed by atoms with Crippen LogP contribution in [0.25, 0.3) is 0 Å². The molecule has 0 aromatic carbocycles. The van der Waals surface area contributed by atoms with Gasteiger partial charge in [-0.1, -0.05) is 13.8 Å². The first-order valence-electron chi connectivity index (χ1n) is 6.96. The predicted molar refractivity (Wildman–Crippen MR) is 73.9 cm³/mol. The van der Waals surface area contributed by atoms with Crippen molar-refractivity contribution in [2.45, 2.75) is 46.2 Å². The molecule has 19 heavy (non-hydrogen) atoms. The Bertz CT molecular complexity index is 503. The molecule has 2 aromatic rings. The van der Waals surface area contributed by atoms with Crippen molar-refractivity contribution < 1.29 is 4.42 Å². The first kappa shape index (κ1) is 13.8. The van der Waals surface area contributed by atoms with Gasteiger partial charge in [0.25, 0.3) is 0 Å². The van der Waals surface area contributed by atoms with Gasteiger partial charge in [-0.3, -0.25) is 4.68 Å². The lowest BCUT2D eigenvalue weighted by Gasteiger charge is -2.17. The number of likely N-dealkylation sites (N-methyl/N-ethyl adjacent to an activating group) is 1. The van der Waals surface area contributed by atoms with E-state index in [1.54, 1.807) is 12.6 Å². The second-order valence-corrected chi connectivity index (χ2v) is 4.46. The maximum atomic E-state index is 5.53. The number of hydrogen-bond donors (Lipinski definition) is 1. The Morgan fingerprint density at radius 2 is 2.21 bits per heavy atom. The van der Waals surface area contributed by atoms with Crippen molar-refractivity contribution >= 4 is 0 Å². The van der Waals surface area contributed by atoms with E-state index in [-0.39, 0.29) is 6.04 Å². The summed E-state index contributed by atoms with van der Waals surface area (Å²) in [5, 5.41) is 7.73. The zero-order valence-corrected chi connectivity index (χ0v) is 11.9. The van der Waals surface area contributed by atoms with E-state index in [1.807, 2.05) is 4.68 Å². The summed E-state index contributed by atoms with van der Waals surface area (Å²) >= 11 is 0. The van der Waals surface area contributed by atoms with Crippen LogP contribution in [0, 0.1) is 0 Å². The van der Waals surface area contributed by atoms with Gasteiger partial charge in [0, 0.05) is 31.0 Å². The summed E-state index contributed by atoms with van der Waals surface area (Å²) in [5.74, 6) is 2.06. The highest BCUT2D eigenvalue weighted by atomic mass is 16.3. The monoisotopic (exact) mass is 262 g/mol. The SMILES string of the molecule is CCNC(Cc1ncnn1CC)c1ccoc1CC. The molecule has 0 aliphatic heterocycles. The molecule has 0 bridgehead atoms. The summed E-state index contributed by atoms with van der Waals surface area (Å²) < 4.78 is 7.47. The molecule has 1 atom stereocenters. The molecule has 0 fully saturated rings. The minimum Gasteiger partial charge on any atom is -0.469 e. The molecule has 0 amide bonds. The minimum absolute atomic E-state index is 0.230. The van der Waals surface area contributed by atoms with E-state index in [0.29, 0.717) is 0 Å². The molecule has 0 radical (unpaired) electrons. The van der Waals surface area contributed by atoms with Crippen LogP contribution in [-0.4, -0.2) is 21.3 Å². The normalized spacial score (nSPS) is 12.8. The van der Waals surface area contributed by atoms with Gasteiger partial charge in [0.1, 0.15) is 17.9 Å². The second-order valence-electron chi connectivity index (χ2n) is 4.46. The van der Waals surface area contributed by atoms with E-state index in [2.05, 4.69) is 42.2 Å². The topological polar surface area (TPSA) is 55.9 Å². The lowest BCUT2D eigenvalue weighted by Crippen LogP contribution is -2.25. The van der Waals surface area contributed by atoms with Gasteiger partial charge < -0.3 is 9.73 Å². The molecule has 0 aliphatic rings. The molecule has 5 heteroatoms. The van der Waals surface area contributed by atoms with Gasteiger partial charge in [-0.2, -0.15) is 5.10 Å². The van der Waals surface area contributed by atoms with Crippen molar-refractivity contribution in [3.63, 3.8) is 0 Å². The fourth-order valence-electron chi connectivity index (χ4n) is 2.38. The number of nitrogens with zero attached hydrogens (tertiary/aromatic N) is 3. The molecule has 1 N–H and O–H groups in total. The number of nitrogens with one attached hydrogen (secondary N) is 1. The van der Waals surface area contributed by atoms with Gasteiger partial charge in [-0.25, -0.2) is 4.98 Å². The van der Waals surface area contributed by atoms with Crippen molar-refractivity contribution in [3.8, 4) is 0 Å². The molecule has 1 unspecified atom stereocenters. The summed E-state index contributed by atoms with van der Waals surface area (Å²) in [6.45, 7) is 8.07. The maximum Gasteiger partial charge on any atom is 0.138 e. The fourth-order valence-corrected chi connectivity index (χ4v) is 2.38. The first-order chi connectivity index (χ1) is 9.30. The van der Waals surface area contributed by atoms with Gasteiger partial charge in [-0.15, -0.1) is 0 Å². The Labute approximate surface area is 114 Å². The standard InChI is InChI=1S/C14H22N4O/c1-4-13-11(7-8-19-13)12(15-5-2)9-14-16-10-17-18(14)6-3/h7-8,10,12,15H,4-6,9H2,1-3H3. The minimum atomic E-state index is 0.230. The van der Waals surface area contributed by atoms with E-state index in [1.165, 1.54) is 5.56 Å². The molecule has 2 aromatic heterocycles. The first-order valence-corrected chi connectivity index (χ1v) is 6.96. The van der Waals surface area contributed by atoms with E-state index in [9.17, 15) is 0 Å². The third kappa shape index (κ3) is 3.04. The van der Waals surface area contributed by atoms with Crippen LogP contribution in [0.1, 0.15) is 44.0 Å². The van der Waals surface area contributed by atoms with Gasteiger partial charge in [0.05, 0.1) is 6.26 Å². The average Bonchev–Trinajstić information content (AvgIpc) is 3.06. The molecule has 2 heterocycles. The third-order valence-corrected chi connectivity index (χ3v) is 3.31. The Morgan fingerprint density at radius 1 is 1.37 bits per heavy atom. The molecule has 0 aliphatic carbocycles. The number of aromatic nitrogens is 3. The van der Waals surface area contributed by atoms with E-state index in [0.717, 1.165) is 37.5 Å². The van der Waals surface area contributed by atoms with Gasteiger partial charge in [-0.05, 0) is 19.5 Å². The van der Waals surface area contributed by atoms with Crippen LogP contribution in [0.4, 0.5) is 0 Å². The highest BCUT2D eigenvalue weighted by Crippen LogP contribution is 2.23. The summed E-state index contributed by atoms with van der Waals surface area (Å²) in [6.07, 6.45) is 5.12. The van der Waals surface area contributed by atoms with Crippen molar-refractivity contribution in [3.05, 3.63) is 35.8 Å². The van der Waals surface area contributed by atoms with Crippen LogP contribution >= 0.6 is 0 Å². The molecule has 0 saturated heterocycles. The van der Waals surface area contributed by atoms with Crippen molar-refractivity contribution in [2.75, 3.05) is 6.54 Å². The fraction of sp³-hybridized carbons (Fsp3) is 0.571.